The van der Waals surface area contributed by atoms with Gasteiger partial charge in [0.2, 0.25) is 0 Å². The van der Waals surface area contributed by atoms with Gasteiger partial charge in [-0.2, -0.15) is 36.2 Å². The number of hydrogen-bond acceptors (Lipinski definition) is 6. The van der Waals surface area contributed by atoms with Gasteiger partial charge in [-0.25, -0.2) is 9.67 Å². The minimum Gasteiger partial charge on any atom is -0.355 e. The summed E-state index contributed by atoms with van der Waals surface area (Å²) in [6, 6.07) is 6.78. The Bertz CT molecular complexity index is 1620. The second-order valence-corrected chi connectivity index (χ2v) is 9.19. The van der Waals surface area contributed by atoms with E-state index >= 15 is 0 Å². The highest BCUT2D eigenvalue weighted by Gasteiger charge is 2.48. The number of rotatable bonds is 6. The maximum atomic E-state index is 13.5. The maximum absolute atomic E-state index is 13.5. The Hall–Kier alpha value is -4.18. The monoisotopic (exact) mass is 620 g/mol. The molecule has 41 heavy (non-hydrogen) atoms. The summed E-state index contributed by atoms with van der Waals surface area (Å²) in [5, 5.41) is 15.3. The van der Waals surface area contributed by atoms with E-state index in [0.29, 0.717) is 5.56 Å². The van der Waals surface area contributed by atoms with E-state index in [2.05, 4.69) is 30.9 Å². The third-order valence-corrected chi connectivity index (χ3v) is 5.95. The molecular formula is C23H16Cl2F6N8O2. The summed E-state index contributed by atoms with van der Waals surface area (Å²) in [5.74, 6) is -1.52. The Morgan fingerprint density at radius 3 is 2.15 bits per heavy atom. The van der Waals surface area contributed by atoms with Gasteiger partial charge in [-0.3, -0.25) is 9.59 Å². The zero-order chi connectivity index (χ0) is 30.3. The number of carbonyl (C=O) groups excluding carboxylic acids is 2. The Balaban J connectivity index is 1.79. The molecule has 0 unspecified atom stereocenters. The van der Waals surface area contributed by atoms with E-state index in [9.17, 15) is 35.9 Å². The molecule has 0 fully saturated rings. The molecule has 2 N–H and O–H groups in total. The van der Waals surface area contributed by atoms with Crippen molar-refractivity contribution in [1.29, 1.82) is 0 Å². The van der Waals surface area contributed by atoms with Crippen molar-refractivity contribution in [2.75, 3.05) is 12.4 Å². The molecule has 1 aromatic carbocycles. The molecule has 0 radical (unpaired) electrons. The van der Waals surface area contributed by atoms with Gasteiger partial charge in [0.1, 0.15) is 12.2 Å². The smallest absolute Gasteiger partial charge is 0.355 e. The van der Waals surface area contributed by atoms with Gasteiger partial charge in [0.15, 0.2) is 17.2 Å². The number of carbonyl (C=O) groups is 2. The Morgan fingerprint density at radius 1 is 0.951 bits per heavy atom. The molecule has 0 spiro atoms. The fourth-order valence-corrected chi connectivity index (χ4v) is 4.18. The number of amides is 2. The van der Waals surface area contributed by atoms with Crippen molar-refractivity contribution < 1.29 is 35.9 Å². The van der Waals surface area contributed by atoms with E-state index in [1.165, 1.54) is 37.5 Å². The molecule has 0 aliphatic rings. The van der Waals surface area contributed by atoms with Crippen molar-refractivity contribution in [2.24, 2.45) is 0 Å². The fraction of sp³-hybridized carbons (Fsp3) is 0.217. The van der Waals surface area contributed by atoms with E-state index < -0.39 is 42.1 Å². The zero-order valence-corrected chi connectivity index (χ0v) is 22.2. The van der Waals surface area contributed by atoms with Crippen LogP contribution in [0.25, 0.3) is 5.82 Å². The third kappa shape index (κ3) is 6.27. The lowest BCUT2D eigenvalue weighted by Crippen LogP contribution is -2.23. The summed E-state index contributed by atoms with van der Waals surface area (Å²) in [6.07, 6.45) is -9.56. The summed E-state index contributed by atoms with van der Waals surface area (Å²) in [5.41, 5.74) is -4.44. The van der Waals surface area contributed by atoms with E-state index in [1.807, 2.05) is 0 Å². The van der Waals surface area contributed by atoms with Crippen molar-refractivity contribution in [3.63, 3.8) is 0 Å². The number of alkyl halides is 6. The number of anilines is 1. The van der Waals surface area contributed by atoms with Crippen LogP contribution in [0.2, 0.25) is 10.0 Å². The van der Waals surface area contributed by atoms with E-state index in [-0.39, 0.29) is 43.3 Å². The van der Waals surface area contributed by atoms with Crippen molar-refractivity contribution in [2.45, 2.75) is 25.8 Å². The lowest BCUT2D eigenvalue weighted by Gasteiger charge is -2.14. The van der Waals surface area contributed by atoms with Gasteiger partial charge in [0.25, 0.3) is 11.8 Å². The Labute approximate surface area is 236 Å². The van der Waals surface area contributed by atoms with Gasteiger partial charge in [-0.05, 0) is 42.8 Å². The van der Waals surface area contributed by atoms with Gasteiger partial charge in [0, 0.05) is 18.3 Å². The largest absolute Gasteiger partial charge is 0.437 e. The molecule has 0 aliphatic heterocycles. The minimum absolute atomic E-state index is 0.0147. The maximum Gasteiger partial charge on any atom is 0.437 e. The van der Waals surface area contributed by atoms with Crippen LogP contribution < -0.4 is 10.6 Å². The summed E-state index contributed by atoms with van der Waals surface area (Å²) in [6.45, 7) is 0.784. The van der Waals surface area contributed by atoms with Crippen molar-refractivity contribution >= 4 is 40.7 Å². The highest BCUT2D eigenvalue weighted by Crippen LogP contribution is 2.38. The normalized spacial score (nSPS) is 12.0. The molecule has 3 aromatic heterocycles. The van der Waals surface area contributed by atoms with Crippen LogP contribution in [0.15, 0.2) is 36.5 Å². The van der Waals surface area contributed by atoms with Crippen LogP contribution in [0.3, 0.4) is 0 Å². The second-order valence-electron chi connectivity index (χ2n) is 8.34. The third-order valence-electron chi connectivity index (χ3n) is 5.44. The van der Waals surface area contributed by atoms with Crippen LogP contribution in [0, 0.1) is 6.92 Å². The van der Waals surface area contributed by atoms with Crippen LogP contribution >= 0.6 is 23.2 Å². The fourth-order valence-electron chi connectivity index (χ4n) is 3.71. The zero-order valence-electron chi connectivity index (χ0n) is 20.7. The van der Waals surface area contributed by atoms with Gasteiger partial charge in [0.05, 0.1) is 22.0 Å². The predicted molar refractivity (Wildman–Crippen MR) is 133 cm³/mol. The SMILES string of the molecule is CNC(=O)c1cc(Cl)cc(C)c1NC(=O)c1cc(Cn2nc(C(F)(F)F)c(C(F)(F)F)n2)nn1-c1ncccc1Cl. The van der Waals surface area contributed by atoms with Crippen molar-refractivity contribution in [3.8, 4) is 5.82 Å². The molecule has 10 nitrogen and oxygen atoms in total. The summed E-state index contributed by atoms with van der Waals surface area (Å²) in [7, 11) is 1.37. The molecule has 0 aliphatic carbocycles. The van der Waals surface area contributed by atoms with Crippen LogP contribution in [0.1, 0.15) is 43.5 Å². The lowest BCUT2D eigenvalue weighted by atomic mass is 10.1. The predicted octanol–water partition coefficient (Wildman–Crippen LogP) is 5.17. The number of nitrogens with zero attached hydrogens (tertiary/aromatic N) is 6. The van der Waals surface area contributed by atoms with Gasteiger partial charge < -0.3 is 10.6 Å². The number of benzene rings is 1. The molecule has 216 valence electrons. The molecule has 18 heteroatoms. The number of pyridine rings is 1. The highest BCUT2D eigenvalue weighted by atomic mass is 35.5. The van der Waals surface area contributed by atoms with Crippen LogP contribution in [0.4, 0.5) is 32.0 Å². The number of aromatic nitrogens is 6. The summed E-state index contributed by atoms with van der Waals surface area (Å²) in [4.78, 5) is 30.1. The summed E-state index contributed by atoms with van der Waals surface area (Å²) >= 11 is 12.3. The lowest BCUT2D eigenvalue weighted by molar-refractivity contribution is -0.165. The molecule has 0 bridgehead atoms. The van der Waals surface area contributed by atoms with Gasteiger partial charge in [-0.15, -0.1) is 10.2 Å². The Morgan fingerprint density at radius 2 is 1.59 bits per heavy atom. The van der Waals surface area contributed by atoms with Gasteiger partial charge in [-0.1, -0.05) is 23.2 Å². The highest BCUT2D eigenvalue weighted by molar-refractivity contribution is 6.32. The van der Waals surface area contributed by atoms with Gasteiger partial charge >= 0.3 is 12.4 Å². The molecule has 0 atom stereocenters. The number of aryl methyl sites for hydroxylation is 1. The number of nitrogens with one attached hydrogen (secondary N) is 2. The number of halogens is 8. The Kier molecular flexibility index (Phi) is 8.00. The second kappa shape index (κ2) is 11.0. The first kappa shape index (κ1) is 29.8. The molecule has 2 amide bonds. The molecule has 3 heterocycles. The van der Waals surface area contributed by atoms with Crippen LogP contribution in [0.5, 0.6) is 0 Å². The molecule has 4 aromatic rings. The standard InChI is InChI=1S/C23H16Cl2F6N8O2/c1-10-6-11(24)7-13(20(40)32-2)16(10)34-21(41)15-8-12(35-39(15)19-14(25)4-3-5-33-19)9-38-36-17(22(26,27)28)18(37-38)23(29,30)31/h3-8H,9H2,1-2H3,(H,32,40)(H,34,41). The average molecular weight is 621 g/mol. The first-order chi connectivity index (χ1) is 19.1. The quantitative estimate of drug-likeness (QED) is 0.287. The van der Waals surface area contributed by atoms with E-state index in [0.717, 1.165) is 10.7 Å². The van der Waals surface area contributed by atoms with Crippen molar-refractivity contribution in [1.82, 2.24) is 35.1 Å². The number of hydrogen-bond donors (Lipinski definition) is 2. The molecule has 0 saturated heterocycles. The summed E-state index contributed by atoms with van der Waals surface area (Å²) < 4.78 is 80.2. The van der Waals surface area contributed by atoms with E-state index in [4.69, 9.17) is 23.2 Å². The first-order valence-electron chi connectivity index (χ1n) is 11.2. The first-order valence-corrected chi connectivity index (χ1v) is 12.0. The molecular weight excluding hydrogens is 605 g/mol. The topological polar surface area (TPSA) is 120 Å². The molecule has 4 rings (SSSR count). The van der Waals surface area contributed by atoms with Crippen LogP contribution in [-0.2, 0) is 18.9 Å². The minimum atomic E-state index is -5.44. The van der Waals surface area contributed by atoms with Crippen LogP contribution in [-0.4, -0.2) is 48.6 Å². The molecule has 0 saturated carbocycles. The van der Waals surface area contributed by atoms with Crippen molar-refractivity contribution in [3.05, 3.63) is 80.5 Å². The van der Waals surface area contributed by atoms with E-state index in [1.54, 1.807) is 6.92 Å². The average Bonchev–Trinajstić information content (AvgIpc) is 3.50.